The highest BCUT2D eigenvalue weighted by atomic mass is 15.6. The van der Waals surface area contributed by atoms with Crippen LogP contribution in [0.1, 0.15) is 23.0 Å². The van der Waals surface area contributed by atoms with Crippen molar-refractivity contribution in [2.45, 2.75) is 6.29 Å². The van der Waals surface area contributed by atoms with Crippen LogP contribution in [0.3, 0.4) is 0 Å². The maximum absolute atomic E-state index is 9.32. The van der Waals surface area contributed by atoms with Crippen LogP contribution in [-0.2, 0) is 0 Å². The summed E-state index contributed by atoms with van der Waals surface area (Å²) in [5.74, 6) is 0. The Morgan fingerprint density at radius 2 is 0.800 bits per heavy atom. The van der Waals surface area contributed by atoms with Crippen molar-refractivity contribution in [1.82, 2.24) is 29.3 Å². The van der Waals surface area contributed by atoms with Crippen LogP contribution in [0, 0.1) is 34.0 Å². The molecule has 40 heavy (non-hydrogen) atoms. The molecule has 6 aromatic rings. The van der Waals surface area contributed by atoms with Crippen LogP contribution in [0.4, 0.5) is 0 Å². The molecule has 0 saturated carbocycles. The molecule has 0 amide bonds. The first-order chi connectivity index (χ1) is 19.6. The van der Waals surface area contributed by atoms with Crippen molar-refractivity contribution in [3.05, 3.63) is 126 Å². The van der Waals surface area contributed by atoms with Gasteiger partial charge in [-0.15, -0.1) is 0 Å². The topological polar surface area (TPSA) is 125 Å². The normalized spacial score (nSPS) is 10.7. The third kappa shape index (κ3) is 4.61. The lowest BCUT2D eigenvalue weighted by atomic mass is 10.1. The van der Waals surface area contributed by atoms with E-state index in [9.17, 15) is 15.8 Å². The summed E-state index contributed by atoms with van der Waals surface area (Å²) in [6.45, 7) is 0. The smallest absolute Gasteiger partial charge is 0.227 e. The van der Waals surface area contributed by atoms with E-state index < -0.39 is 6.29 Å². The van der Waals surface area contributed by atoms with E-state index in [1.807, 2.05) is 73.2 Å². The summed E-state index contributed by atoms with van der Waals surface area (Å²) in [5, 5.41) is 42.5. The third-order valence-corrected chi connectivity index (χ3v) is 6.40. The van der Waals surface area contributed by atoms with Crippen LogP contribution in [0.25, 0.3) is 33.8 Å². The highest BCUT2D eigenvalue weighted by molar-refractivity contribution is 5.62. The van der Waals surface area contributed by atoms with Crippen molar-refractivity contribution >= 4 is 0 Å². The predicted octanol–water partition coefficient (Wildman–Crippen LogP) is 5.44. The molecule has 9 nitrogen and oxygen atoms in total. The van der Waals surface area contributed by atoms with Gasteiger partial charge < -0.3 is 0 Å². The first kappa shape index (κ1) is 24.1. The molecule has 3 heterocycles. The Labute approximate surface area is 229 Å². The maximum Gasteiger partial charge on any atom is 0.238 e. The first-order valence-corrected chi connectivity index (χ1v) is 12.3. The van der Waals surface area contributed by atoms with Crippen LogP contribution in [0.2, 0.25) is 0 Å². The highest BCUT2D eigenvalue weighted by Crippen LogP contribution is 2.25. The standard InChI is InChI=1S/C31H19N9/c32-19-22-4-1-7-25(16-22)28-10-13-38(35-28)31(39-14-11-29(36-39)26-8-2-5-23(17-26)20-33)40-15-12-30(37-40)27-9-3-6-24(18-27)21-34/h1-18,31H. The van der Waals surface area contributed by atoms with Crippen molar-refractivity contribution < 1.29 is 0 Å². The van der Waals surface area contributed by atoms with Gasteiger partial charge in [0.15, 0.2) is 0 Å². The van der Waals surface area contributed by atoms with E-state index >= 15 is 0 Å². The van der Waals surface area contributed by atoms with Crippen molar-refractivity contribution in [3.63, 3.8) is 0 Å². The van der Waals surface area contributed by atoms with E-state index in [-0.39, 0.29) is 0 Å². The highest BCUT2D eigenvalue weighted by Gasteiger charge is 2.21. The Morgan fingerprint density at radius 3 is 1.10 bits per heavy atom. The number of benzene rings is 3. The average molecular weight is 518 g/mol. The van der Waals surface area contributed by atoms with Crippen molar-refractivity contribution in [1.29, 1.82) is 15.8 Å². The van der Waals surface area contributed by atoms with E-state index in [1.54, 1.807) is 50.4 Å². The lowest BCUT2D eigenvalue weighted by Gasteiger charge is -2.19. The van der Waals surface area contributed by atoms with E-state index in [0.717, 1.165) is 16.7 Å². The van der Waals surface area contributed by atoms with Gasteiger partial charge in [0.2, 0.25) is 6.29 Å². The largest absolute Gasteiger partial charge is 0.238 e. The van der Waals surface area contributed by atoms with Crippen molar-refractivity contribution in [2.24, 2.45) is 0 Å². The average Bonchev–Trinajstić information content (AvgIpc) is 3.80. The van der Waals surface area contributed by atoms with Gasteiger partial charge in [-0.1, -0.05) is 36.4 Å². The molecule has 6 rings (SSSR count). The molecule has 0 bridgehead atoms. The molecule has 0 unspecified atom stereocenters. The zero-order valence-corrected chi connectivity index (χ0v) is 21.0. The molecule has 0 fully saturated rings. The Morgan fingerprint density at radius 1 is 0.475 bits per heavy atom. The zero-order valence-electron chi connectivity index (χ0n) is 21.0. The van der Waals surface area contributed by atoms with Gasteiger partial charge in [0, 0.05) is 35.3 Å². The summed E-state index contributed by atoms with van der Waals surface area (Å²) < 4.78 is 5.25. The first-order valence-electron chi connectivity index (χ1n) is 12.3. The minimum Gasteiger partial charge on any atom is -0.227 e. The van der Waals surface area contributed by atoms with Gasteiger partial charge in [-0.3, -0.25) is 0 Å². The molecular weight excluding hydrogens is 498 g/mol. The Hall–Kier alpha value is -6.24. The summed E-state index contributed by atoms with van der Waals surface area (Å²) in [4.78, 5) is 0. The van der Waals surface area contributed by atoms with Gasteiger partial charge in [0.05, 0.1) is 52.0 Å². The number of nitriles is 3. The van der Waals surface area contributed by atoms with E-state index in [1.165, 1.54) is 0 Å². The fourth-order valence-corrected chi connectivity index (χ4v) is 4.47. The van der Waals surface area contributed by atoms with Crippen LogP contribution >= 0.6 is 0 Å². The van der Waals surface area contributed by atoms with Gasteiger partial charge in [-0.2, -0.15) is 31.1 Å². The molecule has 0 atom stereocenters. The maximum atomic E-state index is 9.32. The molecule has 0 saturated heterocycles. The summed E-state index contributed by atoms with van der Waals surface area (Å²) in [7, 11) is 0. The molecular formula is C31H19N9. The SMILES string of the molecule is N#Cc1cccc(-c2ccn(C(n3ccc(-c4cccc(C#N)c4)n3)n3ccc(-c4cccc(C#N)c4)n3)n2)c1. The van der Waals surface area contributed by atoms with Gasteiger partial charge in [-0.05, 0) is 54.6 Å². The van der Waals surface area contributed by atoms with E-state index in [2.05, 4.69) is 18.2 Å². The number of hydrogen-bond acceptors (Lipinski definition) is 6. The van der Waals surface area contributed by atoms with Crippen molar-refractivity contribution in [2.75, 3.05) is 0 Å². The molecule has 188 valence electrons. The van der Waals surface area contributed by atoms with E-state index in [4.69, 9.17) is 15.3 Å². The molecule has 0 aliphatic carbocycles. The van der Waals surface area contributed by atoms with E-state index in [0.29, 0.717) is 33.8 Å². The fraction of sp³-hybridized carbons (Fsp3) is 0.0323. The summed E-state index contributed by atoms with van der Waals surface area (Å²) in [5.41, 5.74) is 6.21. The number of nitrogens with zero attached hydrogens (tertiary/aromatic N) is 9. The summed E-state index contributed by atoms with van der Waals surface area (Å²) >= 11 is 0. The number of rotatable bonds is 6. The minimum absolute atomic E-state index is 0.552. The molecule has 3 aromatic carbocycles. The predicted molar refractivity (Wildman–Crippen MR) is 147 cm³/mol. The number of aromatic nitrogens is 6. The lowest BCUT2D eigenvalue weighted by molar-refractivity contribution is 0.286. The molecule has 3 aromatic heterocycles. The van der Waals surface area contributed by atoms with Crippen LogP contribution in [-0.4, -0.2) is 29.3 Å². The van der Waals surface area contributed by atoms with Crippen LogP contribution < -0.4 is 0 Å². The summed E-state index contributed by atoms with van der Waals surface area (Å²) in [6.07, 6.45) is 4.92. The molecule has 9 heteroatoms. The quantitative estimate of drug-likeness (QED) is 0.289. The third-order valence-electron chi connectivity index (χ3n) is 6.40. The fourth-order valence-electron chi connectivity index (χ4n) is 4.47. The molecule has 0 N–H and O–H groups in total. The molecule has 0 radical (unpaired) electrons. The Kier molecular flexibility index (Phi) is 6.18. The lowest BCUT2D eigenvalue weighted by Crippen LogP contribution is -2.27. The molecule has 0 spiro atoms. The summed E-state index contributed by atoms with van der Waals surface area (Å²) in [6, 6.07) is 34.0. The Balaban J connectivity index is 1.43. The van der Waals surface area contributed by atoms with Crippen LogP contribution in [0.5, 0.6) is 0 Å². The second-order valence-corrected chi connectivity index (χ2v) is 8.97. The minimum atomic E-state index is -0.603. The molecule has 0 aliphatic rings. The van der Waals surface area contributed by atoms with Gasteiger partial charge in [-0.25, -0.2) is 14.0 Å². The Bertz CT molecular complexity index is 1740. The second kappa shape index (κ2) is 10.3. The van der Waals surface area contributed by atoms with Gasteiger partial charge >= 0.3 is 0 Å². The monoisotopic (exact) mass is 517 g/mol. The second-order valence-electron chi connectivity index (χ2n) is 8.97. The zero-order chi connectivity index (χ0) is 27.5. The number of hydrogen-bond donors (Lipinski definition) is 0. The van der Waals surface area contributed by atoms with Gasteiger partial charge in [0.1, 0.15) is 0 Å². The van der Waals surface area contributed by atoms with Crippen LogP contribution in [0.15, 0.2) is 110 Å². The van der Waals surface area contributed by atoms with Crippen molar-refractivity contribution in [3.8, 4) is 52.0 Å². The molecule has 0 aliphatic heterocycles. The van der Waals surface area contributed by atoms with Gasteiger partial charge in [0.25, 0.3) is 0 Å².